The summed E-state index contributed by atoms with van der Waals surface area (Å²) in [7, 11) is 1.65. The largest absolute Gasteiger partial charge is 0.347 e. The molecule has 0 atom stereocenters. The van der Waals surface area contributed by atoms with E-state index in [1.165, 1.54) is 16.2 Å². The third-order valence-corrected chi connectivity index (χ3v) is 3.77. The fraction of sp³-hybridized carbons (Fsp3) is 0.231. The van der Waals surface area contributed by atoms with Crippen molar-refractivity contribution in [3.8, 4) is 0 Å². The second kappa shape index (κ2) is 5.18. The normalized spacial score (nSPS) is 10.3. The molecule has 18 heavy (non-hydrogen) atoms. The number of rotatable bonds is 3. The number of hydrogen-bond acceptors (Lipinski definition) is 3. The molecule has 0 saturated carbocycles. The highest BCUT2D eigenvalue weighted by Gasteiger charge is 2.07. The molecule has 0 radical (unpaired) electrons. The summed E-state index contributed by atoms with van der Waals surface area (Å²) in [6.07, 6.45) is 1.59. The Labute approximate surface area is 109 Å². The lowest BCUT2D eigenvalue weighted by Gasteiger charge is -2.05. The number of carbonyl (C=O) groups excluding carboxylic acids is 1. The number of aromatic nitrogens is 1. The Hall–Kier alpha value is -1.88. The van der Waals surface area contributed by atoms with Crippen LogP contribution in [0.2, 0.25) is 0 Å². The molecule has 0 fully saturated rings. The van der Waals surface area contributed by atoms with Crippen LogP contribution in [0.3, 0.4) is 0 Å². The van der Waals surface area contributed by atoms with Crippen LogP contribution in [0.25, 0.3) is 0 Å². The lowest BCUT2D eigenvalue weighted by Crippen LogP contribution is -2.25. The van der Waals surface area contributed by atoms with Gasteiger partial charge in [-0.25, -0.2) is 0 Å². The maximum Gasteiger partial charge on any atom is 0.251 e. The van der Waals surface area contributed by atoms with E-state index in [9.17, 15) is 9.59 Å². The summed E-state index contributed by atoms with van der Waals surface area (Å²) in [5.41, 5.74) is 1.38. The minimum atomic E-state index is -0.222. The highest BCUT2D eigenvalue weighted by Crippen LogP contribution is 2.14. The van der Waals surface area contributed by atoms with E-state index in [0.29, 0.717) is 12.1 Å². The summed E-state index contributed by atoms with van der Waals surface area (Å²) in [6.45, 7) is 2.51. The van der Waals surface area contributed by atoms with Gasteiger partial charge in [0.25, 0.3) is 11.5 Å². The van der Waals surface area contributed by atoms with E-state index in [1.807, 2.05) is 18.4 Å². The molecule has 5 heteroatoms. The third-order valence-electron chi connectivity index (χ3n) is 2.74. The molecule has 0 unspecified atom stereocenters. The summed E-state index contributed by atoms with van der Waals surface area (Å²) >= 11 is 1.61. The van der Waals surface area contributed by atoms with E-state index >= 15 is 0 Å². The second-order valence-electron chi connectivity index (χ2n) is 4.07. The highest BCUT2D eigenvalue weighted by atomic mass is 32.1. The van der Waals surface area contributed by atoms with Crippen molar-refractivity contribution in [1.29, 1.82) is 0 Å². The van der Waals surface area contributed by atoms with Gasteiger partial charge in [0.15, 0.2) is 0 Å². The zero-order valence-electron chi connectivity index (χ0n) is 10.3. The SMILES string of the molecule is Cc1ccsc1CNC(=O)c1ccn(C)c(=O)c1. The number of nitrogens with zero attached hydrogens (tertiary/aromatic N) is 1. The standard InChI is InChI=1S/C13H14N2O2S/c1-9-4-6-18-11(9)8-14-13(17)10-3-5-15(2)12(16)7-10/h3-7H,8H2,1-2H3,(H,14,17). The molecule has 2 aromatic rings. The summed E-state index contributed by atoms with van der Waals surface area (Å²) in [5.74, 6) is -0.222. The van der Waals surface area contributed by atoms with Crippen LogP contribution in [0.1, 0.15) is 20.8 Å². The van der Waals surface area contributed by atoms with Crippen LogP contribution in [0.15, 0.2) is 34.6 Å². The molecule has 0 aliphatic rings. The van der Waals surface area contributed by atoms with Crippen LogP contribution < -0.4 is 10.9 Å². The van der Waals surface area contributed by atoms with Gasteiger partial charge in [0.1, 0.15) is 0 Å². The van der Waals surface area contributed by atoms with E-state index in [-0.39, 0.29) is 11.5 Å². The number of carbonyl (C=O) groups is 1. The molecular formula is C13H14N2O2S. The number of hydrogen-bond donors (Lipinski definition) is 1. The summed E-state index contributed by atoms with van der Waals surface area (Å²) in [5, 5.41) is 4.81. The van der Waals surface area contributed by atoms with Gasteiger partial charge in [0.05, 0.1) is 6.54 Å². The Morgan fingerprint density at radius 3 is 2.83 bits per heavy atom. The molecule has 1 amide bonds. The Balaban J connectivity index is 2.06. The van der Waals surface area contributed by atoms with Gasteiger partial charge in [-0.3, -0.25) is 9.59 Å². The van der Waals surface area contributed by atoms with E-state index < -0.39 is 0 Å². The molecule has 0 aliphatic carbocycles. The van der Waals surface area contributed by atoms with Crippen LogP contribution in [0, 0.1) is 6.92 Å². The van der Waals surface area contributed by atoms with Gasteiger partial charge in [-0.15, -0.1) is 11.3 Å². The Morgan fingerprint density at radius 2 is 2.22 bits per heavy atom. The third kappa shape index (κ3) is 2.68. The van der Waals surface area contributed by atoms with Crippen LogP contribution in [0.4, 0.5) is 0 Å². The topological polar surface area (TPSA) is 51.1 Å². The minimum absolute atomic E-state index is 0.185. The maximum absolute atomic E-state index is 11.9. The van der Waals surface area contributed by atoms with Crippen LogP contribution >= 0.6 is 11.3 Å². The van der Waals surface area contributed by atoms with Gasteiger partial charge < -0.3 is 9.88 Å². The summed E-state index contributed by atoms with van der Waals surface area (Å²) in [4.78, 5) is 24.4. The lowest BCUT2D eigenvalue weighted by atomic mass is 10.2. The van der Waals surface area contributed by atoms with E-state index in [2.05, 4.69) is 5.32 Å². The Morgan fingerprint density at radius 1 is 1.44 bits per heavy atom. The van der Waals surface area contributed by atoms with Crippen molar-refractivity contribution in [3.63, 3.8) is 0 Å². The van der Waals surface area contributed by atoms with E-state index in [4.69, 9.17) is 0 Å². The number of amides is 1. The van der Waals surface area contributed by atoms with Gasteiger partial charge in [-0.05, 0) is 30.0 Å². The maximum atomic E-state index is 11.9. The van der Waals surface area contributed by atoms with E-state index in [1.54, 1.807) is 30.6 Å². The lowest BCUT2D eigenvalue weighted by molar-refractivity contribution is 0.0951. The monoisotopic (exact) mass is 262 g/mol. The second-order valence-corrected chi connectivity index (χ2v) is 5.07. The molecule has 1 N–H and O–H groups in total. The fourth-order valence-electron chi connectivity index (χ4n) is 1.54. The van der Waals surface area contributed by atoms with Gasteiger partial charge >= 0.3 is 0 Å². The molecule has 0 saturated heterocycles. The van der Waals surface area contributed by atoms with Crippen molar-refractivity contribution in [1.82, 2.24) is 9.88 Å². The number of aryl methyl sites for hydroxylation is 2. The van der Waals surface area contributed by atoms with Crippen LogP contribution in [0.5, 0.6) is 0 Å². The molecule has 94 valence electrons. The first-order chi connectivity index (χ1) is 8.58. The van der Waals surface area contributed by atoms with Crippen molar-refractivity contribution in [2.24, 2.45) is 7.05 Å². The predicted molar refractivity (Wildman–Crippen MR) is 71.9 cm³/mol. The summed E-state index contributed by atoms with van der Waals surface area (Å²) in [6, 6.07) is 5.00. The molecular weight excluding hydrogens is 248 g/mol. The Bertz CT molecular complexity index is 628. The van der Waals surface area contributed by atoms with Crippen molar-refractivity contribution in [2.45, 2.75) is 13.5 Å². The first-order valence-corrected chi connectivity index (χ1v) is 6.44. The zero-order valence-corrected chi connectivity index (χ0v) is 11.1. The first kappa shape index (κ1) is 12.6. The molecule has 2 aromatic heterocycles. The molecule has 4 nitrogen and oxygen atoms in total. The quantitative estimate of drug-likeness (QED) is 0.915. The van der Waals surface area contributed by atoms with Gasteiger partial charge in [0.2, 0.25) is 0 Å². The van der Waals surface area contributed by atoms with Gasteiger partial charge in [0, 0.05) is 29.8 Å². The van der Waals surface area contributed by atoms with Crippen LogP contribution in [-0.4, -0.2) is 10.5 Å². The minimum Gasteiger partial charge on any atom is -0.347 e. The number of nitrogens with one attached hydrogen (secondary N) is 1. The molecule has 0 aliphatic heterocycles. The van der Waals surface area contributed by atoms with Crippen molar-refractivity contribution in [2.75, 3.05) is 0 Å². The molecule has 0 aromatic carbocycles. The molecule has 0 spiro atoms. The zero-order chi connectivity index (χ0) is 13.1. The van der Waals surface area contributed by atoms with Gasteiger partial charge in [-0.1, -0.05) is 0 Å². The molecule has 2 rings (SSSR count). The van der Waals surface area contributed by atoms with Gasteiger partial charge in [-0.2, -0.15) is 0 Å². The average Bonchev–Trinajstić information content (AvgIpc) is 2.75. The summed E-state index contributed by atoms with van der Waals surface area (Å²) < 4.78 is 1.43. The van der Waals surface area contributed by atoms with Crippen molar-refractivity contribution in [3.05, 3.63) is 56.1 Å². The van der Waals surface area contributed by atoms with Crippen molar-refractivity contribution < 1.29 is 4.79 Å². The highest BCUT2D eigenvalue weighted by molar-refractivity contribution is 7.10. The fourth-order valence-corrected chi connectivity index (χ4v) is 2.38. The Kier molecular flexibility index (Phi) is 3.62. The van der Waals surface area contributed by atoms with Crippen molar-refractivity contribution >= 4 is 17.2 Å². The average molecular weight is 262 g/mol. The molecule has 0 bridgehead atoms. The smallest absolute Gasteiger partial charge is 0.251 e. The first-order valence-electron chi connectivity index (χ1n) is 5.56. The molecule has 2 heterocycles. The predicted octanol–water partition coefficient (Wildman–Crippen LogP) is 1.69. The van der Waals surface area contributed by atoms with E-state index in [0.717, 1.165) is 4.88 Å². The number of pyridine rings is 1. The number of thiophene rings is 1. The van der Waals surface area contributed by atoms with Crippen LogP contribution in [-0.2, 0) is 13.6 Å².